The number of halogens is 1. The molecular formula is C10H15BrN2O. The smallest absolute Gasteiger partial charge is 0.131 e. The third-order valence-electron chi connectivity index (χ3n) is 2.07. The molecule has 1 aromatic heterocycles. The molecule has 0 aliphatic rings. The Balaban J connectivity index is 2.92. The highest BCUT2D eigenvalue weighted by atomic mass is 79.9. The van der Waals surface area contributed by atoms with E-state index in [1.807, 2.05) is 13.0 Å². The molecule has 0 aromatic carbocycles. The summed E-state index contributed by atoms with van der Waals surface area (Å²) in [7, 11) is 0. The summed E-state index contributed by atoms with van der Waals surface area (Å²) in [5.74, 6) is 0.949. The number of hydrogen-bond acceptors (Lipinski definition) is 3. The average molecular weight is 259 g/mol. The van der Waals surface area contributed by atoms with Crippen molar-refractivity contribution in [3.8, 4) is 0 Å². The Hall–Kier alpha value is -0.610. The van der Waals surface area contributed by atoms with Gasteiger partial charge in [-0.2, -0.15) is 0 Å². The van der Waals surface area contributed by atoms with Crippen LogP contribution in [0.4, 0.5) is 5.82 Å². The minimum Gasteiger partial charge on any atom is -0.395 e. The molecule has 0 aliphatic carbocycles. The molecule has 0 bridgehead atoms. The first-order valence-electron chi connectivity index (χ1n) is 4.67. The second-order valence-electron chi connectivity index (χ2n) is 3.10. The van der Waals surface area contributed by atoms with Gasteiger partial charge in [-0.1, -0.05) is 0 Å². The van der Waals surface area contributed by atoms with Gasteiger partial charge in [-0.25, -0.2) is 4.98 Å². The van der Waals surface area contributed by atoms with Gasteiger partial charge in [0.2, 0.25) is 0 Å². The van der Waals surface area contributed by atoms with Gasteiger partial charge in [-0.3, -0.25) is 0 Å². The van der Waals surface area contributed by atoms with Gasteiger partial charge in [0.05, 0.1) is 6.61 Å². The molecule has 0 spiro atoms. The van der Waals surface area contributed by atoms with Crippen LogP contribution in [0.1, 0.15) is 12.5 Å². The predicted octanol–water partition coefficient (Wildman–Crippen LogP) is 1.97. The van der Waals surface area contributed by atoms with Crippen LogP contribution in [0.25, 0.3) is 0 Å². The molecule has 0 atom stereocenters. The van der Waals surface area contributed by atoms with E-state index >= 15 is 0 Å². The predicted molar refractivity (Wildman–Crippen MR) is 61.6 cm³/mol. The fourth-order valence-corrected chi connectivity index (χ4v) is 1.84. The van der Waals surface area contributed by atoms with Crippen LogP contribution in [0.15, 0.2) is 16.7 Å². The van der Waals surface area contributed by atoms with E-state index in [9.17, 15) is 0 Å². The molecule has 78 valence electrons. The summed E-state index contributed by atoms with van der Waals surface area (Å²) in [6.07, 6.45) is 1.78. The van der Waals surface area contributed by atoms with Gasteiger partial charge in [0.15, 0.2) is 0 Å². The molecule has 3 nitrogen and oxygen atoms in total. The quantitative estimate of drug-likeness (QED) is 0.898. The van der Waals surface area contributed by atoms with Crippen LogP contribution in [-0.2, 0) is 0 Å². The minimum atomic E-state index is 0.158. The topological polar surface area (TPSA) is 36.4 Å². The molecular weight excluding hydrogens is 244 g/mol. The zero-order valence-electron chi connectivity index (χ0n) is 8.50. The fourth-order valence-electron chi connectivity index (χ4n) is 1.40. The number of likely N-dealkylation sites (N-methyl/N-ethyl adjacent to an activating group) is 1. The largest absolute Gasteiger partial charge is 0.395 e. The standard InChI is InChI=1S/C10H15BrN2O/c1-3-13(4-5-14)10-8(2)6-9(11)7-12-10/h6-7,14H,3-5H2,1-2H3. The molecule has 14 heavy (non-hydrogen) atoms. The van der Waals surface area contributed by atoms with Crippen molar-refractivity contribution in [1.82, 2.24) is 4.98 Å². The number of pyridine rings is 1. The lowest BCUT2D eigenvalue weighted by Crippen LogP contribution is -2.27. The van der Waals surface area contributed by atoms with E-state index < -0.39 is 0 Å². The number of rotatable bonds is 4. The van der Waals surface area contributed by atoms with E-state index in [1.54, 1.807) is 6.20 Å². The van der Waals surface area contributed by atoms with Crippen molar-refractivity contribution >= 4 is 21.7 Å². The number of aliphatic hydroxyl groups excluding tert-OH is 1. The molecule has 0 amide bonds. The molecule has 1 N–H and O–H groups in total. The Labute approximate surface area is 92.9 Å². The van der Waals surface area contributed by atoms with Crippen LogP contribution < -0.4 is 4.90 Å². The van der Waals surface area contributed by atoms with Gasteiger partial charge in [0, 0.05) is 23.8 Å². The van der Waals surface area contributed by atoms with E-state index in [2.05, 4.69) is 32.7 Å². The van der Waals surface area contributed by atoms with E-state index in [1.165, 1.54) is 0 Å². The molecule has 0 unspecified atom stereocenters. The Morgan fingerprint density at radius 1 is 1.57 bits per heavy atom. The molecule has 0 saturated heterocycles. The van der Waals surface area contributed by atoms with Crippen LogP contribution in [0.5, 0.6) is 0 Å². The van der Waals surface area contributed by atoms with Crippen LogP contribution in [-0.4, -0.2) is 29.8 Å². The van der Waals surface area contributed by atoms with Crippen LogP contribution in [0, 0.1) is 6.92 Å². The molecule has 1 rings (SSSR count). The summed E-state index contributed by atoms with van der Waals surface area (Å²) in [5.41, 5.74) is 1.12. The lowest BCUT2D eigenvalue weighted by atomic mass is 10.2. The molecule has 0 radical (unpaired) electrons. The SMILES string of the molecule is CCN(CCO)c1ncc(Br)cc1C. The number of nitrogens with zero attached hydrogens (tertiary/aromatic N) is 2. The van der Waals surface area contributed by atoms with Gasteiger partial charge >= 0.3 is 0 Å². The highest BCUT2D eigenvalue weighted by molar-refractivity contribution is 9.10. The van der Waals surface area contributed by atoms with Gasteiger partial charge in [-0.15, -0.1) is 0 Å². The third kappa shape index (κ3) is 2.69. The number of hydrogen-bond donors (Lipinski definition) is 1. The molecule has 1 aromatic rings. The van der Waals surface area contributed by atoms with Crippen molar-refractivity contribution < 1.29 is 5.11 Å². The van der Waals surface area contributed by atoms with Gasteiger partial charge in [-0.05, 0) is 41.4 Å². The van der Waals surface area contributed by atoms with E-state index in [0.29, 0.717) is 6.54 Å². The molecule has 0 fully saturated rings. The molecule has 0 aliphatic heterocycles. The maximum Gasteiger partial charge on any atom is 0.131 e. The summed E-state index contributed by atoms with van der Waals surface area (Å²) in [6, 6.07) is 2.03. The van der Waals surface area contributed by atoms with E-state index in [-0.39, 0.29) is 6.61 Å². The van der Waals surface area contributed by atoms with Crippen LogP contribution >= 0.6 is 15.9 Å². The second-order valence-corrected chi connectivity index (χ2v) is 4.01. The Morgan fingerprint density at radius 2 is 2.29 bits per heavy atom. The molecule has 1 heterocycles. The lowest BCUT2D eigenvalue weighted by Gasteiger charge is -2.22. The number of aromatic nitrogens is 1. The van der Waals surface area contributed by atoms with Crippen molar-refractivity contribution in [2.24, 2.45) is 0 Å². The normalized spacial score (nSPS) is 10.3. The van der Waals surface area contributed by atoms with Gasteiger partial charge in [0.1, 0.15) is 5.82 Å². The summed E-state index contributed by atoms with van der Waals surface area (Å²) >= 11 is 3.38. The lowest BCUT2D eigenvalue weighted by molar-refractivity contribution is 0.302. The Bertz CT molecular complexity index is 304. The van der Waals surface area contributed by atoms with Crippen LogP contribution in [0.3, 0.4) is 0 Å². The number of aliphatic hydroxyl groups is 1. The highest BCUT2D eigenvalue weighted by Crippen LogP contribution is 2.20. The second kappa shape index (κ2) is 5.32. The van der Waals surface area contributed by atoms with Gasteiger partial charge in [0.25, 0.3) is 0 Å². The van der Waals surface area contributed by atoms with Crippen molar-refractivity contribution in [2.45, 2.75) is 13.8 Å². The average Bonchev–Trinajstić information content (AvgIpc) is 2.15. The first-order valence-corrected chi connectivity index (χ1v) is 5.46. The van der Waals surface area contributed by atoms with Gasteiger partial charge < -0.3 is 10.0 Å². The summed E-state index contributed by atoms with van der Waals surface area (Å²) in [4.78, 5) is 6.39. The van der Waals surface area contributed by atoms with Crippen molar-refractivity contribution in [2.75, 3.05) is 24.6 Å². The zero-order chi connectivity index (χ0) is 10.6. The summed E-state index contributed by atoms with van der Waals surface area (Å²) in [5, 5.41) is 8.90. The Kier molecular flexibility index (Phi) is 4.35. The van der Waals surface area contributed by atoms with Crippen LogP contribution in [0.2, 0.25) is 0 Å². The third-order valence-corrected chi connectivity index (χ3v) is 2.50. The number of aryl methyl sites for hydroxylation is 1. The number of anilines is 1. The highest BCUT2D eigenvalue weighted by Gasteiger charge is 2.08. The first-order chi connectivity index (χ1) is 6.69. The maximum atomic E-state index is 8.90. The van der Waals surface area contributed by atoms with E-state index in [4.69, 9.17) is 5.11 Å². The summed E-state index contributed by atoms with van der Waals surface area (Å²) in [6.45, 7) is 5.72. The monoisotopic (exact) mass is 258 g/mol. The summed E-state index contributed by atoms with van der Waals surface area (Å²) < 4.78 is 0.985. The minimum absolute atomic E-state index is 0.158. The fraction of sp³-hybridized carbons (Fsp3) is 0.500. The maximum absolute atomic E-state index is 8.90. The Morgan fingerprint density at radius 3 is 2.79 bits per heavy atom. The van der Waals surface area contributed by atoms with Crippen molar-refractivity contribution in [1.29, 1.82) is 0 Å². The van der Waals surface area contributed by atoms with Crippen molar-refractivity contribution in [3.63, 3.8) is 0 Å². The molecule has 4 heteroatoms. The first kappa shape index (κ1) is 11.5. The van der Waals surface area contributed by atoms with Crippen molar-refractivity contribution in [3.05, 3.63) is 22.3 Å². The van der Waals surface area contributed by atoms with E-state index in [0.717, 1.165) is 22.4 Å². The molecule has 0 saturated carbocycles. The zero-order valence-corrected chi connectivity index (χ0v) is 10.1.